The molecule has 114 valence electrons. The molecule has 0 radical (unpaired) electrons. The molecule has 4 nitrogen and oxygen atoms in total. The molecule has 0 heterocycles. The molecule has 1 unspecified atom stereocenters. The summed E-state index contributed by atoms with van der Waals surface area (Å²) in [4.78, 5) is 11.1. The third kappa shape index (κ3) is 12.2. The molecule has 0 saturated carbocycles. The van der Waals surface area contributed by atoms with Gasteiger partial charge in [0.05, 0.1) is 6.54 Å². The molecule has 0 amide bonds. The Kier molecular flexibility index (Phi) is 13.4. The Balaban J connectivity index is 3.33. The fourth-order valence-corrected chi connectivity index (χ4v) is 2.00. The van der Waals surface area contributed by atoms with E-state index >= 15 is 0 Å². The minimum absolute atomic E-state index is 0.0457. The van der Waals surface area contributed by atoms with E-state index in [0.29, 0.717) is 0 Å². The SMILES string of the molecule is CCCCCCCCCCNC(CC)OC(=O)CN. The molecule has 1 atom stereocenters. The summed E-state index contributed by atoms with van der Waals surface area (Å²) < 4.78 is 5.15. The number of nitrogens with one attached hydrogen (secondary N) is 1. The number of hydrogen-bond acceptors (Lipinski definition) is 4. The van der Waals surface area contributed by atoms with Gasteiger partial charge in [0, 0.05) is 0 Å². The van der Waals surface area contributed by atoms with E-state index < -0.39 is 0 Å². The van der Waals surface area contributed by atoms with Gasteiger partial charge in [-0.25, -0.2) is 0 Å². The molecular formula is C15H32N2O2. The van der Waals surface area contributed by atoms with Crippen molar-refractivity contribution in [1.82, 2.24) is 5.32 Å². The topological polar surface area (TPSA) is 64.3 Å². The van der Waals surface area contributed by atoms with E-state index in [1.165, 1.54) is 44.9 Å². The van der Waals surface area contributed by atoms with Crippen LogP contribution in [-0.4, -0.2) is 25.3 Å². The van der Waals surface area contributed by atoms with Crippen LogP contribution in [-0.2, 0) is 9.53 Å². The van der Waals surface area contributed by atoms with E-state index in [-0.39, 0.29) is 18.7 Å². The van der Waals surface area contributed by atoms with E-state index in [4.69, 9.17) is 10.5 Å². The average Bonchev–Trinajstić information content (AvgIpc) is 2.43. The lowest BCUT2D eigenvalue weighted by Crippen LogP contribution is -2.35. The molecular weight excluding hydrogens is 240 g/mol. The maximum absolute atomic E-state index is 11.1. The van der Waals surface area contributed by atoms with Gasteiger partial charge >= 0.3 is 5.97 Å². The molecule has 0 aliphatic carbocycles. The Hall–Kier alpha value is -0.610. The Morgan fingerprint density at radius 3 is 2.16 bits per heavy atom. The van der Waals surface area contributed by atoms with Crippen molar-refractivity contribution in [2.24, 2.45) is 5.73 Å². The predicted octanol–water partition coefficient (Wildman–Crippen LogP) is 2.95. The van der Waals surface area contributed by atoms with Crippen LogP contribution in [0.3, 0.4) is 0 Å². The van der Waals surface area contributed by atoms with Gasteiger partial charge in [-0.1, -0.05) is 58.8 Å². The highest BCUT2D eigenvalue weighted by atomic mass is 16.6. The minimum atomic E-state index is -0.338. The number of rotatable bonds is 13. The molecule has 0 aromatic heterocycles. The molecule has 0 aliphatic heterocycles. The number of hydrogen-bond donors (Lipinski definition) is 2. The van der Waals surface area contributed by atoms with Gasteiger partial charge in [0.2, 0.25) is 0 Å². The molecule has 3 N–H and O–H groups in total. The number of carbonyl (C=O) groups excluding carboxylic acids is 1. The normalized spacial score (nSPS) is 12.4. The first-order chi connectivity index (χ1) is 9.24. The molecule has 0 aliphatic rings. The number of carbonyl (C=O) groups is 1. The second-order valence-corrected chi connectivity index (χ2v) is 5.02. The summed E-state index contributed by atoms with van der Waals surface area (Å²) in [5.41, 5.74) is 5.22. The Labute approximate surface area is 118 Å². The monoisotopic (exact) mass is 272 g/mol. The van der Waals surface area contributed by atoms with E-state index in [1.54, 1.807) is 0 Å². The highest BCUT2D eigenvalue weighted by molar-refractivity contribution is 5.71. The quantitative estimate of drug-likeness (QED) is 0.307. The van der Waals surface area contributed by atoms with Crippen molar-refractivity contribution in [2.75, 3.05) is 13.1 Å². The van der Waals surface area contributed by atoms with Gasteiger partial charge in [-0.2, -0.15) is 0 Å². The lowest BCUT2D eigenvalue weighted by Gasteiger charge is -2.17. The van der Waals surface area contributed by atoms with Gasteiger partial charge in [-0.05, 0) is 19.4 Å². The molecule has 0 aromatic carbocycles. The summed E-state index contributed by atoms with van der Waals surface area (Å²) in [5, 5.41) is 3.25. The Morgan fingerprint density at radius 1 is 1.05 bits per heavy atom. The van der Waals surface area contributed by atoms with Crippen molar-refractivity contribution < 1.29 is 9.53 Å². The maximum atomic E-state index is 11.1. The summed E-state index contributed by atoms with van der Waals surface area (Å²) in [5.74, 6) is -0.338. The fourth-order valence-electron chi connectivity index (χ4n) is 2.00. The molecule has 0 rings (SSSR count). The van der Waals surface area contributed by atoms with Crippen molar-refractivity contribution in [3.05, 3.63) is 0 Å². The summed E-state index contributed by atoms with van der Waals surface area (Å²) in [6, 6.07) is 0. The standard InChI is InChI=1S/C15H32N2O2/c1-3-5-6-7-8-9-10-11-12-17-14(4-2)19-15(18)13-16/h14,17H,3-13,16H2,1-2H3. The van der Waals surface area contributed by atoms with Gasteiger partial charge in [0.1, 0.15) is 0 Å². The van der Waals surface area contributed by atoms with Gasteiger partial charge in [-0.3, -0.25) is 10.1 Å². The lowest BCUT2D eigenvalue weighted by atomic mass is 10.1. The molecule has 0 aromatic rings. The summed E-state index contributed by atoms with van der Waals surface area (Å²) in [7, 11) is 0. The van der Waals surface area contributed by atoms with Crippen LogP contribution in [0.25, 0.3) is 0 Å². The van der Waals surface area contributed by atoms with E-state index in [9.17, 15) is 4.79 Å². The minimum Gasteiger partial charge on any atom is -0.446 e. The summed E-state index contributed by atoms with van der Waals surface area (Å²) in [6.45, 7) is 5.10. The molecule has 0 fully saturated rings. The van der Waals surface area contributed by atoms with Gasteiger partial charge in [-0.15, -0.1) is 0 Å². The van der Waals surface area contributed by atoms with Crippen molar-refractivity contribution in [3.8, 4) is 0 Å². The summed E-state index contributed by atoms with van der Waals surface area (Å²) in [6.07, 6.45) is 11.1. The number of nitrogens with two attached hydrogens (primary N) is 1. The van der Waals surface area contributed by atoms with Crippen LogP contribution in [0.4, 0.5) is 0 Å². The van der Waals surface area contributed by atoms with Crippen LogP contribution in [0.15, 0.2) is 0 Å². The zero-order valence-electron chi connectivity index (χ0n) is 12.7. The van der Waals surface area contributed by atoms with Gasteiger partial charge < -0.3 is 10.5 Å². The molecule has 0 spiro atoms. The van der Waals surface area contributed by atoms with Crippen molar-refractivity contribution in [3.63, 3.8) is 0 Å². The number of esters is 1. The zero-order chi connectivity index (χ0) is 14.3. The second kappa shape index (κ2) is 13.8. The van der Waals surface area contributed by atoms with Crippen LogP contribution in [0, 0.1) is 0 Å². The number of unbranched alkanes of at least 4 members (excludes halogenated alkanes) is 7. The zero-order valence-corrected chi connectivity index (χ0v) is 12.7. The summed E-state index contributed by atoms with van der Waals surface area (Å²) >= 11 is 0. The smallest absolute Gasteiger partial charge is 0.321 e. The second-order valence-electron chi connectivity index (χ2n) is 5.02. The van der Waals surface area contributed by atoms with Gasteiger partial charge in [0.25, 0.3) is 0 Å². The fraction of sp³-hybridized carbons (Fsp3) is 0.933. The first-order valence-corrected chi connectivity index (χ1v) is 7.87. The molecule has 0 saturated heterocycles. The predicted molar refractivity (Wildman–Crippen MR) is 79.8 cm³/mol. The van der Waals surface area contributed by atoms with Crippen molar-refractivity contribution in [1.29, 1.82) is 0 Å². The molecule has 4 heteroatoms. The third-order valence-corrected chi connectivity index (χ3v) is 3.21. The maximum Gasteiger partial charge on any atom is 0.321 e. The molecule has 0 bridgehead atoms. The first-order valence-electron chi connectivity index (χ1n) is 7.87. The lowest BCUT2D eigenvalue weighted by molar-refractivity contribution is -0.149. The average molecular weight is 272 g/mol. The van der Waals surface area contributed by atoms with Gasteiger partial charge in [0.15, 0.2) is 6.23 Å². The largest absolute Gasteiger partial charge is 0.446 e. The first kappa shape index (κ1) is 18.4. The van der Waals surface area contributed by atoms with Crippen molar-refractivity contribution in [2.45, 2.75) is 77.9 Å². The molecule has 19 heavy (non-hydrogen) atoms. The van der Waals surface area contributed by atoms with E-state index in [1.807, 2.05) is 6.92 Å². The van der Waals surface area contributed by atoms with E-state index in [2.05, 4.69) is 12.2 Å². The Morgan fingerprint density at radius 2 is 1.63 bits per heavy atom. The number of ether oxygens (including phenoxy) is 1. The van der Waals surface area contributed by atoms with Crippen molar-refractivity contribution >= 4 is 5.97 Å². The van der Waals surface area contributed by atoms with E-state index in [0.717, 1.165) is 19.4 Å². The van der Waals surface area contributed by atoms with Crippen LogP contribution in [0.5, 0.6) is 0 Å². The van der Waals surface area contributed by atoms with Crippen LogP contribution in [0.2, 0.25) is 0 Å². The van der Waals surface area contributed by atoms with Crippen LogP contribution >= 0.6 is 0 Å². The van der Waals surface area contributed by atoms with Crippen LogP contribution in [0.1, 0.15) is 71.6 Å². The van der Waals surface area contributed by atoms with Crippen LogP contribution < -0.4 is 11.1 Å². The Bertz CT molecular complexity index is 210. The highest BCUT2D eigenvalue weighted by Crippen LogP contribution is 2.08. The third-order valence-electron chi connectivity index (χ3n) is 3.21. The highest BCUT2D eigenvalue weighted by Gasteiger charge is 2.09.